The molecule has 1 unspecified atom stereocenters. The maximum absolute atomic E-state index is 12.4. The largest absolute Gasteiger partial charge is 0.493 e. The lowest BCUT2D eigenvalue weighted by Crippen LogP contribution is -2.27. The third kappa shape index (κ3) is 6.06. The van der Waals surface area contributed by atoms with Gasteiger partial charge in [0.05, 0.1) is 7.11 Å². The van der Waals surface area contributed by atoms with Gasteiger partial charge in [0.15, 0.2) is 17.3 Å². The van der Waals surface area contributed by atoms with Crippen molar-refractivity contribution in [2.75, 3.05) is 12.4 Å². The van der Waals surface area contributed by atoms with E-state index in [0.29, 0.717) is 11.3 Å². The first-order valence-corrected chi connectivity index (χ1v) is 8.72. The number of halogens is 2. The van der Waals surface area contributed by atoms with Crippen LogP contribution in [0.15, 0.2) is 41.6 Å². The number of benzene rings is 2. The normalized spacial score (nSPS) is 12.4. The average molecular weight is 407 g/mol. The number of nitrogens with two attached hydrogens (primary N) is 1. The third-order valence-electron chi connectivity index (χ3n) is 3.99. The number of hydrogen-bond donors (Lipinski definition) is 2. The summed E-state index contributed by atoms with van der Waals surface area (Å²) in [4.78, 5) is 17.5. The maximum atomic E-state index is 12.4. The number of rotatable bonds is 8. The van der Waals surface area contributed by atoms with Crippen LogP contribution in [0.4, 0.5) is 14.5 Å². The summed E-state index contributed by atoms with van der Waals surface area (Å²) in [5.41, 5.74) is 8.89. The number of aryl methyl sites for hydroxylation is 2. The standard InChI is InChI=1S/C20H23F2N3O4/c1-11-5-7-15(12(2)9-11)24-19(26)13(3)29-25-18(23)14-6-8-16(28-20(21)22)17(10-14)27-4/h5-10,13,20H,1-4H3,(H2,23,25)(H,24,26). The summed E-state index contributed by atoms with van der Waals surface area (Å²) in [5.74, 6) is -0.535. The first kappa shape index (κ1) is 21.9. The molecule has 156 valence electrons. The highest BCUT2D eigenvalue weighted by Gasteiger charge is 2.17. The van der Waals surface area contributed by atoms with E-state index in [1.807, 2.05) is 32.0 Å². The van der Waals surface area contributed by atoms with E-state index in [9.17, 15) is 13.6 Å². The van der Waals surface area contributed by atoms with Gasteiger partial charge in [-0.15, -0.1) is 0 Å². The molecule has 0 saturated heterocycles. The lowest BCUT2D eigenvalue weighted by molar-refractivity contribution is -0.126. The number of alkyl halides is 2. The minimum Gasteiger partial charge on any atom is -0.493 e. The van der Waals surface area contributed by atoms with Crippen molar-refractivity contribution < 1.29 is 27.9 Å². The second kappa shape index (κ2) is 9.72. The zero-order valence-corrected chi connectivity index (χ0v) is 16.5. The van der Waals surface area contributed by atoms with Gasteiger partial charge in [0.1, 0.15) is 0 Å². The molecule has 0 aliphatic rings. The highest BCUT2D eigenvalue weighted by molar-refractivity contribution is 5.98. The van der Waals surface area contributed by atoms with E-state index in [0.717, 1.165) is 11.1 Å². The number of nitrogens with zero attached hydrogens (tertiary/aromatic N) is 1. The number of carbonyl (C=O) groups excluding carboxylic acids is 1. The lowest BCUT2D eigenvalue weighted by atomic mass is 10.1. The topological polar surface area (TPSA) is 95.2 Å². The number of hydrogen-bond acceptors (Lipinski definition) is 5. The fraction of sp³-hybridized carbons (Fsp3) is 0.300. The molecule has 1 amide bonds. The molecule has 0 radical (unpaired) electrons. The van der Waals surface area contributed by atoms with Crippen LogP contribution in [0.25, 0.3) is 0 Å². The monoisotopic (exact) mass is 407 g/mol. The van der Waals surface area contributed by atoms with Gasteiger partial charge in [-0.1, -0.05) is 22.9 Å². The van der Waals surface area contributed by atoms with Gasteiger partial charge in [0.2, 0.25) is 6.10 Å². The van der Waals surface area contributed by atoms with Crippen molar-refractivity contribution in [3.63, 3.8) is 0 Å². The Balaban J connectivity index is 2.05. The van der Waals surface area contributed by atoms with E-state index >= 15 is 0 Å². The molecule has 2 aromatic carbocycles. The summed E-state index contributed by atoms with van der Waals surface area (Å²) in [6.07, 6.45) is -0.919. The van der Waals surface area contributed by atoms with Crippen LogP contribution in [0.3, 0.4) is 0 Å². The molecular weight excluding hydrogens is 384 g/mol. The molecule has 1 atom stereocenters. The molecule has 0 heterocycles. The van der Waals surface area contributed by atoms with Crippen LogP contribution in [0.1, 0.15) is 23.6 Å². The first-order chi connectivity index (χ1) is 13.7. The van der Waals surface area contributed by atoms with Gasteiger partial charge in [0.25, 0.3) is 5.91 Å². The number of anilines is 1. The molecule has 2 aromatic rings. The van der Waals surface area contributed by atoms with Gasteiger partial charge >= 0.3 is 6.61 Å². The minimum atomic E-state index is -2.99. The summed E-state index contributed by atoms with van der Waals surface area (Å²) >= 11 is 0. The number of oxime groups is 1. The first-order valence-electron chi connectivity index (χ1n) is 8.72. The fourth-order valence-corrected chi connectivity index (χ4v) is 2.44. The Bertz CT molecular complexity index is 903. The van der Waals surface area contributed by atoms with Crippen LogP contribution in [0.5, 0.6) is 11.5 Å². The maximum Gasteiger partial charge on any atom is 0.387 e. The molecule has 7 nitrogen and oxygen atoms in total. The SMILES string of the molecule is COc1cc(/C(N)=N/OC(C)C(=O)Nc2ccc(C)cc2C)ccc1OC(F)F. The molecule has 3 N–H and O–H groups in total. The molecule has 0 aliphatic heterocycles. The highest BCUT2D eigenvalue weighted by atomic mass is 19.3. The molecular formula is C20H23F2N3O4. The smallest absolute Gasteiger partial charge is 0.387 e. The van der Waals surface area contributed by atoms with Crippen LogP contribution in [0, 0.1) is 13.8 Å². The van der Waals surface area contributed by atoms with E-state index in [1.165, 1.54) is 32.2 Å². The Morgan fingerprint density at radius 1 is 1.14 bits per heavy atom. The Morgan fingerprint density at radius 3 is 2.48 bits per heavy atom. The second-order valence-corrected chi connectivity index (χ2v) is 6.28. The molecule has 9 heteroatoms. The van der Waals surface area contributed by atoms with Gasteiger partial charge in [-0.3, -0.25) is 4.79 Å². The van der Waals surface area contributed by atoms with E-state index < -0.39 is 18.6 Å². The van der Waals surface area contributed by atoms with Gasteiger partial charge in [0, 0.05) is 11.3 Å². The molecule has 0 aromatic heterocycles. The molecule has 0 spiro atoms. The van der Waals surface area contributed by atoms with Crippen LogP contribution < -0.4 is 20.5 Å². The van der Waals surface area contributed by atoms with Crippen molar-refractivity contribution >= 4 is 17.4 Å². The van der Waals surface area contributed by atoms with Gasteiger partial charge in [-0.05, 0) is 50.6 Å². The zero-order chi connectivity index (χ0) is 21.6. The number of carbonyl (C=O) groups is 1. The van der Waals surface area contributed by atoms with Gasteiger partial charge in [-0.2, -0.15) is 8.78 Å². The van der Waals surface area contributed by atoms with Crippen LogP contribution in [-0.4, -0.2) is 31.6 Å². The fourth-order valence-electron chi connectivity index (χ4n) is 2.44. The number of nitrogens with one attached hydrogen (secondary N) is 1. The third-order valence-corrected chi connectivity index (χ3v) is 3.99. The van der Waals surface area contributed by atoms with Crippen molar-refractivity contribution in [2.24, 2.45) is 10.9 Å². The summed E-state index contributed by atoms with van der Waals surface area (Å²) in [7, 11) is 1.31. The van der Waals surface area contributed by atoms with E-state index in [-0.39, 0.29) is 17.3 Å². The Morgan fingerprint density at radius 2 is 1.86 bits per heavy atom. The number of amidine groups is 1. The van der Waals surface area contributed by atoms with E-state index in [2.05, 4.69) is 15.2 Å². The van der Waals surface area contributed by atoms with Crippen molar-refractivity contribution in [3.05, 3.63) is 53.1 Å². The number of ether oxygens (including phenoxy) is 2. The van der Waals surface area contributed by atoms with Crippen LogP contribution in [0.2, 0.25) is 0 Å². The summed E-state index contributed by atoms with van der Waals surface area (Å²) in [6, 6.07) is 9.72. The van der Waals surface area contributed by atoms with Crippen molar-refractivity contribution in [3.8, 4) is 11.5 Å². The van der Waals surface area contributed by atoms with Crippen LogP contribution >= 0.6 is 0 Å². The average Bonchev–Trinajstić information content (AvgIpc) is 2.67. The van der Waals surface area contributed by atoms with Crippen LogP contribution in [-0.2, 0) is 9.63 Å². The predicted molar refractivity (Wildman–Crippen MR) is 105 cm³/mol. The number of amides is 1. The predicted octanol–water partition coefficient (Wildman–Crippen LogP) is 3.58. The van der Waals surface area contributed by atoms with Gasteiger partial charge < -0.3 is 25.4 Å². The quantitative estimate of drug-likeness (QED) is 0.396. The summed E-state index contributed by atoms with van der Waals surface area (Å²) < 4.78 is 34.2. The molecule has 29 heavy (non-hydrogen) atoms. The Hall–Kier alpha value is -3.36. The second-order valence-electron chi connectivity index (χ2n) is 6.28. The zero-order valence-electron chi connectivity index (χ0n) is 16.5. The van der Waals surface area contributed by atoms with Gasteiger partial charge in [-0.25, -0.2) is 0 Å². The highest BCUT2D eigenvalue weighted by Crippen LogP contribution is 2.29. The molecule has 0 saturated carbocycles. The van der Waals surface area contributed by atoms with Crippen molar-refractivity contribution in [1.82, 2.24) is 0 Å². The van der Waals surface area contributed by atoms with E-state index in [4.69, 9.17) is 15.3 Å². The number of methoxy groups -OCH3 is 1. The van der Waals surface area contributed by atoms with Crippen molar-refractivity contribution in [1.29, 1.82) is 0 Å². The Labute approximate surface area is 167 Å². The molecule has 0 fully saturated rings. The van der Waals surface area contributed by atoms with E-state index in [1.54, 1.807) is 0 Å². The minimum absolute atomic E-state index is 0.0570. The Kier molecular flexibility index (Phi) is 7.35. The molecule has 0 bridgehead atoms. The molecule has 0 aliphatic carbocycles. The summed E-state index contributed by atoms with van der Waals surface area (Å²) in [5, 5.41) is 6.51. The molecule has 2 rings (SSSR count). The summed E-state index contributed by atoms with van der Waals surface area (Å²) in [6.45, 7) is 2.39. The lowest BCUT2D eigenvalue weighted by Gasteiger charge is -2.14. The van der Waals surface area contributed by atoms with Crippen molar-refractivity contribution in [2.45, 2.75) is 33.5 Å².